The number of halogens is 1. The molecule has 0 saturated heterocycles. The fraction of sp³-hybridized carbons (Fsp3) is 0. The summed E-state index contributed by atoms with van der Waals surface area (Å²) < 4.78 is 8.28. The topological polar surface area (TPSA) is 31.0 Å². The van der Waals surface area contributed by atoms with Crippen molar-refractivity contribution in [2.24, 2.45) is 0 Å². The maximum atomic E-state index is 6.32. The number of hydrogen-bond donors (Lipinski definition) is 0. The Morgan fingerprint density at radius 3 is 2.27 bits per heavy atom. The number of benzene rings is 4. The summed E-state index contributed by atoms with van der Waals surface area (Å²) in [5.74, 6) is 0. The van der Waals surface area contributed by atoms with Gasteiger partial charge in [0, 0.05) is 28.0 Å². The normalized spacial score (nSPS) is 11.8. The molecule has 0 unspecified atom stereocenters. The second kappa shape index (κ2) is 6.96. The van der Waals surface area contributed by atoms with Gasteiger partial charge < -0.3 is 8.98 Å². The highest BCUT2D eigenvalue weighted by molar-refractivity contribution is 6.35. The Bertz CT molecular complexity index is 1830. The largest absolute Gasteiger partial charge is 0.453 e. The molecule has 4 aromatic carbocycles. The molecule has 156 valence electrons. The van der Waals surface area contributed by atoms with Gasteiger partial charge in [0.15, 0.2) is 5.58 Å². The average molecular weight is 445 g/mol. The van der Waals surface area contributed by atoms with Crippen LogP contribution in [-0.4, -0.2) is 9.55 Å². The first kappa shape index (κ1) is 18.5. The van der Waals surface area contributed by atoms with E-state index in [2.05, 4.69) is 88.4 Å². The van der Waals surface area contributed by atoms with Gasteiger partial charge in [-0.25, -0.2) is 0 Å². The predicted octanol–water partition coefficient (Wildman–Crippen LogP) is 8.40. The van der Waals surface area contributed by atoms with E-state index in [1.807, 2.05) is 12.1 Å². The molecule has 0 fully saturated rings. The molecule has 0 aliphatic heterocycles. The Hall–Kier alpha value is -4.08. The van der Waals surface area contributed by atoms with Crippen molar-refractivity contribution >= 4 is 55.5 Å². The van der Waals surface area contributed by atoms with Crippen molar-refractivity contribution in [2.75, 3.05) is 0 Å². The van der Waals surface area contributed by atoms with E-state index in [1.165, 1.54) is 21.8 Å². The summed E-state index contributed by atoms with van der Waals surface area (Å²) in [4.78, 5) is 4.51. The summed E-state index contributed by atoms with van der Waals surface area (Å²) in [7, 11) is 0. The lowest BCUT2D eigenvalue weighted by molar-refractivity contribution is 0.668. The molecule has 7 aromatic rings. The molecule has 0 aliphatic rings. The Balaban J connectivity index is 1.48. The highest BCUT2D eigenvalue weighted by atomic mass is 35.5. The second-order valence-electron chi connectivity index (χ2n) is 8.20. The highest BCUT2D eigenvalue weighted by Crippen LogP contribution is 2.37. The molecule has 0 N–H and O–H groups in total. The van der Waals surface area contributed by atoms with Crippen molar-refractivity contribution in [3.63, 3.8) is 0 Å². The van der Waals surface area contributed by atoms with Gasteiger partial charge in [-0.15, -0.1) is 0 Å². The van der Waals surface area contributed by atoms with Gasteiger partial charge in [-0.05, 0) is 59.7 Å². The lowest BCUT2D eigenvalue weighted by Gasteiger charge is -2.08. The number of furan rings is 1. The van der Waals surface area contributed by atoms with E-state index in [9.17, 15) is 0 Å². The lowest BCUT2D eigenvalue weighted by atomic mass is 10.0. The van der Waals surface area contributed by atoms with Crippen LogP contribution in [0.2, 0.25) is 5.02 Å². The van der Waals surface area contributed by atoms with Gasteiger partial charge in [0.2, 0.25) is 0 Å². The van der Waals surface area contributed by atoms with Gasteiger partial charge >= 0.3 is 0 Å². The second-order valence-corrected chi connectivity index (χ2v) is 8.61. The molecule has 0 radical (unpaired) electrons. The molecule has 3 aromatic heterocycles. The minimum Gasteiger partial charge on any atom is -0.453 e. The summed E-state index contributed by atoms with van der Waals surface area (Å²) in [6.45, 7) is 0. The van der Waals surface area contributed by atoms with Gasteiger partial charge in [-0.3, -0.25) is 4.98 Å². The minimum absolute atomic E-state index is 0.577. The quantitative estimate of drug-likeness (QED) is 0.268. The molecule has 0 atom stereocenters. The maximum absolute atomic E-state index is 6.32. The molecule has 3 nitrogen and oxygen atoms in total. The fourth-order valence-corrected chi connectivity index (χ4v) is 5.00. The molecule has 3 heterocycles. The van der Waals surface area contributed by atoms with E-state index in [-0.39, 0.29) is 0 Å². The van der Waals surface area contributed by atoms with Crippen LogP contribution in [0.15, 0.2) is 108 Å². The fourth-order valence-electron chi connectivity index (χ4n) is 4.81. The van der Waals surface area contributed by atoms with Crippen molar-refractivity contribution in [1.29, 1.82) is 0 Å². The third kappa shape index (κ3) is 2.73. The molecule has 0 spiro atoms. The molecule has 7 rings (SSSR count). The average Bonchev–Trinajstić information content (AvgIpc) is 3.40. The Kier molecular flexibility index (Phi) is 3.90. The minimum atomic E-state index is 0.577. The van der Waals surface area contributed by atoms with Crippen molar-refractivity contribution in [3.05, 3.63) is 108 Å². The molecule has 4 heteroatoms. The zero-order valence-electron chi connectivity index (χ0n) is 17.5. The number of pyridine rings is 1. The van der Waals surface area contributed by atoms with Crippen LogP contribution in [0.3, 0.4) is 0 Å². The third-order valence-electron chi connectivity index (χ3n) is 6.32. The molecular formula is C29H17ClN2O. The molecule has 0 bridgehead atoms. The summed E-state index contributed by atoms with van der Waals surface area (Å²) in [6, 6.07) is 33.7. The van der Waals surface area contributed by atoms with Crippen LogP contribution in [-0.2, 0) is 0 Å². The van der Waals surface area contributed by atoms with Crippen LogP contribution >= 0.6 is 11.6 Å². The van der Waals surface area contributed by atoms with Crippen LogP contribution in [0.1, 0.15) is 0 Å². The van der Waals surface area contributed by atoms with Crippen molar-refractivity contribution in [2.45, 2.75) is 0 Å². The van der Waals surface area contributed by atoms with E-state index in [0.717, 1.165) is 33.3 Å². The molecule has 0 aliphatic carbocycles. The standard InChI is InChI=1S/C29H17ClN2O/c30-24-14-15-31-28-23-17-19(11-13-27(23)33-29(24)28)18-10-12-26-22(16-18)21-8-4-5-9-25(21)32(26)20-6-2-1-3-7-20/h1-17H. The van der Waals surface area contributed by atoms with E-state index >= 15 is 0 Å². The zero-order chi connectivity index (χ0) is 21.9. The number of nitrogens with zero attached hydrogens (tertiary/aromatic N) is 2. The molecule has 0 amide bonds. The van der Waals surface area contributed by atoms with Gasteiger partial charge in [-0.2, -0.15) is 0 Å². The number of fused-ring (bicyclic) bond motifs is 6. The summed E-state index contributed by atoms with van der Waals surface area (Å²) in [5, 5.41) is 4.01. The summed E-state index contributed by atoms with van der Waals surface area (Å²) >= 11 is 6.32. The van der Waals surface area contributed by atoms with E-state index in [1.54, 1.807) is 12.3 Å². The Morgan fingerprint density at radius 1 is 0.667 bits per heavy atom. The van der Waals surface area contributed by atoms with E-state index in [4.69, 9.17) is 16.0 Å². The van der Waals surface area contributed by atoms with Crippen molar-refractivity contribution in [3.8, 4) is 16.8 Å². The number of para-hydroxylation sites is 2. The van der Waals surface area contributed by atoms with Gasteiger partial charge in [0.25, 0.3) is 0 Å². The van der Waals surface area contributed by atoms with Crippen LogP contribution in [0.4, 0.5) is 0 Å². The third-order valence-corrected chi connectivity index (χ3v) is 6.62. The molecule has 33 heavy (non-hydrogen) atoms. The van der Waals surface area contributed by atoms with Crippen molar-refractivity contribution in [1.82, 2.24) is 9.55 Å². The predicted molar refractivity (Wildman–Crippen MR) is 136 cm³/mol. The first-order valence-corrected chi connectivity index (χ1v) is 11.2. The van der Waals surface area contributed by atoms with Crippen LogP contribution < -0.4 is 0 Å². The highest BCUT2D eigenvalue weighted by Gasteiger charge is 2.15. The Morgan fingerprint density at radius 2 is 1.39 bits per heavy atom. The van der Waals surface area contributed by atoms with Crippen LogP contribution in [0, 0.1) is 0 Å². The number of rotatable bonds is 2. The molecular weight excluding hydrogens is 428 g/mol. The summed E-state index contributed by atoms with van der Waals surface area (Å²) in [5.41, 5.74) is 8.03. The van der Waals surface area contributed by atoms with E-state index in [0.29, 0.717) is 10.6 Å². The SMILES string of the molecule is Clc1ccnc2c1oc1ccc(-c3ccc4c(c3)c3ccccc3n4-c3ccccc3)cc12. The first-order chi connectivity index (χ1) is 16.3. The number of hydrogen-bond acceptors (Lipinski definition) is 2. The first-order valence-electron chi connectivity index (χ1n) is 10.8. The molecule has 0 saturated carbocycles. The number of aromatic nitrogens is 2. The van der Waals surface area contributed by atoms with Crippen LogP contribution in [0.25, 0.3) is 60.7 Å². The van der Waals surface area contributed by atoms with E-state index < -0.39 is 0 Å². The van der Waals surface area contributed by atoms with Gasteiger partial charge in [0.1, 0.15) is 11.1 Å². The monoisotopic (exact) mass is 444 g/mol. The van der Waals surface area contributed by atoms with Crippen LogP contribution in [0.5, 0.6) is 0 Å². The smallest absolute Gasteiger partial charge is 0.172 e. The van der Waals surface area contributed by atoms with Gasteiger partial charge in [0.05, 0.1) is 16.1 Å². The Labute approximate surface area is 194 Å². The van der Waals surface area contributed by atoms with Crippen molar-refractivity contribution < 1.29 is 4.42 Å². The maximum Gasteiger partial charge on any atom is 0.172 e. The van der Waals surface area contributed by atoms with Gasteiger partial charge in [-0.1, -0.05) is 60.1 Å². The summed E-state index contributed by atoms with van der Waals surface area (Å²) in [6.07, 6.45) is 1.72. The zero-order valence-corrected chi connectivity index (χ0v) is 18.3. The lowest BCUT2D eigenvalue weighted by Crippen LogP contribution is -1.92.